The number of likely N-dealkylation sites (tertiary alicyclic amines) is 1. The zero-order valence-corrected chi connectivity index (χ0v) is 19.4. The molecule has 35 heavy (non-hydrogen) atoms. The van der Waals surface area contributed by atoms with Crippen molar-refractivity contribution in [3.8, 4) is 11.8 Å². The highest BCUT2D eigenvalue weighted by Gasteiger charge is 2.48. The Labute approximate surface area is 201 Å². The van der Waals surface area contributed by atoms with Crippen LogP contribution in [0.3, 0.4) is 0 Å². The first-order chi connectivity index (χ1) is 16.9. The van der Waals surface area contributed by atoms with Gasteiger partial charge in [0.05, 0.1) is 11.2 Å². The van der Waals surface area contributed by atoms with Crippen molar-refractivity contribution in [3.05, 3.63) is 106 Å². The molecule has 0 aliphatic carbocycles. The Hall–Kier alpha value is -3.85. The maximum atomic E-state index is 13.9. The predicted molar refractivity (Wildman–Crippen MR) is 127 cm³/mol. The zero-order chi connectivity index (χ0) is 24.6. The van der Waals surface area contributed by atoms with Crippen LogP contribution in [0.4, 0.5) is 8.78 Å². The van der Waals surface area contributed by atoms with Crippen LogP contribution in [0.5, 0.6) is 11.8 Å². The first-order valence-electron chi connectivity index (χ1n) is 11.3. The third-order valence-corrected chi connectivity index (χ3v) is 6.73. The second kappa shape index (κ2) is 9.07. The van der Waals surface area contributed by atoms with Gasteiger partial charge in [0.25, 0.3) is 5.56 Å². The van der Waals surface area contributed by atoms with Crippen LogP contribution >= 0.6 is 0 Å². The highest BCUT2D eigenvalue weighted by atomic mass is 19.1. The Kier molecular flexibility index (Phi) is 5.94. The molecule has 0 saturated carbocycles. The number of likely N-dealkylation sites (N-methyl/N-ethyl adjacent to an activating group) is 1. The average Bonchev–Trinajstić information content (AvgIpc) is 3.20. The van der Waals surface area contributed by atoms with Gasteiger partial charge in [-0.3, -0.25) is 14.2 Å². The van der Waals surface area contributed by atoms with Gasteiger partial charge >= 0.3 is 6.01 Å². The molecule has 1 aliphatic heterocycles. The van der Waals surface area contributed by atoms with Gasteiger partial charge in [0.15, 0.2) is 0 Å². The van der Waals surface area contributed by atoms with Crippen molar-refractivity contribution >= 4 is 0 Å². The normalized spacial score (nSPS) is 20.6. The summed E-state index contributed by atoms with van der Waals surface area (Å²) in [7, 11) is 3.76. The quantitative estimate of drug-likeness (QED) is 0.436. The van der Waals surface area contributed by atoms with Gasteiger partial charge in [-0.1, -0.05) is 12.1 Å². The summed E-state index contributed by atoms with van der Waals surface area (Å²) in [5.41, 5.74) is 0.753. The smallest absolute Gasteiger partial charge is 0.322 e. The molecule has 0 N–H and O–H groups in total. The van der Waals surface area contributed by atoms with E-state index in [2.05, 4.69) is 9.88 Å². The van der Waals surface area contributed by atoms with Crippen LogP contribution in [0, 0.1) is 11.6 Å². The molecule has 0 bridgehead atoms. The van der Waals surface area contributed by atoms with E-state index in [1.807, 2.05) is 17.8 Å². The summed E-state index contributed by atoms with van der Waals surface area (Å²) in [6, 6.07) is 15.6. The second-order valence-corrected chi connectivity index (χ2v) is 8.84. The van der Waals surface area contributed by atoms with Crippen LogP contribution in [-0.2, 0) is 12.6 Å². The Morgan fingerprint density at radius 3 is 2.31 bits per heavy atom. The summed E-state index contributed by atoms with van der Waals surface area (Å²) in [4.78, 5) is 23.7. The van der Waals surface area contributed by atoms with Crippen molar-refractivity contribution in [1.82, 2.24) is 24.2 Å². The van der Waals surface area contributed by atoms with Crippen molar-refractivity contribution in [3.63, 3.8) is 0 Å². The first-order valence-corrected chi connectivity index (χ1v) is 11.3. The number of aromatic nitrogens is 4. The summed E-state index contributed by atoms with van der Waals surface area (Å²) < 4.78 is 36.5. The van der Waals surface area contributed by atoms with Crippen molar-refractivity contribution in [2.75, 3.05) is 20.1 Å². The molecule has 2 aromatic heterocycles. The van der Waals surface area contributed by atoms with Gasteiger partial charge < -0.3 is 9.64 Å². The highest BCUT2D eigenvalue weighted by molar-refractivity contribution is 5.34. The summed E-state index contributed by atoms with van der Waals surface area (Å²) in [6.07, 6.45) is 4.07. The number of benzene rings is 2. The minimum absolute atomic E-state index is 0.132. The monoisotopic (exact) mass is 477 g/mol. The summed E-state index contributed by atoms with van der Waals surface area (Å²) in [5.74, 6) is -0.490. The minimum atomic E-state index is -0.709. The average molecular weight is 478 g/mol. The van der Waals surface area contributed by atoms with Gasteiger partial charge in [-0.05, 0) is 61.5 Å². The van der Waals surface area contributed by atoms with E-state index in [0.717, 1.165) is 12.1 Å². The van der Waals surface area contributed by atoms with Crippen molar-refractivity contribution in [2.45, 2.75) is 17.9 Å². The lowest BCUT2D eigenvalue weighted by Gasteiger charge is -2.48. The van der Waals surface area contributed by atoms with E-state index in [1.165, 1.54) is 42.5 Å². The number of piperidine rings is 1. The number of halogens is 2. The molecule has 180 valence electrons. The maximum absolute atomic E-state index is 13.9. The van der Waals surface area contributed by atoms with Gasteiger partial charge in [-0.15, -0.1) is 0 Å². The molecule has 2 aromatic carbocycles. The molecule has 1 aliphatic rings. The van der Waals surface area contributed by atoms with Crippen LogP contribution in [-0.4, -0.2) is 44.4 Å². The van der Waals surface area contributed by atoms with Gasteiger partial charge in [0.1, 0.15) is 17.4 Å². The van der Waals surface area contributed by atoms with Crippen LogP contribution in [0.25, 0.3) is 0 Å². The Morgan fingerprint density at radius 1 is 0.971 bits per heavy atom. The van der Waals surface area contributed by atoms with E-state index < -0.39 is 5.54 Å². The molecule has 1 saturated heterocycles. The van der Waals surface area contributed by atoms with E-state index in [0.29, 0.717) is 24.4 Å². The predicted octanol–water partition coefficient (Wildman–Crippen LogP) is 3.91. The summed E-state index contributed by atoms with van der Waals surface area (Å²) in [5, 5.41) is 0. The van der Waals surface area contributed by atoms with E-state index in [1.54, 1.807) is 36.3 Å². The largest absolute Gasteiger partial charge is 0.424 e. The zero-order valence-electron chi connectivity index (χ0n) is 19.4. The Bertz CT molecular complexity index is 1380. The lowest BCUT2D eigenvalue weighted by atomic mass is 9.71. The van der Waals surface area contributed by atoms with E-state index in [9.17, 15) is 13.6 Å². The van der Waals surface area contributed by atoms with E-state index in [-0.39, 0.29) is 29.1 Å². The van der Waals surface area contributed by atoms with Crippen molar-refractivity contribution in [2.24, 2.45) is 7.05 Å². The molecule has 2 unspecified atom stereocenters. The molecule has 0 spiro atoms. The molecule has 0 amide bonds. The van der Waals surface area contributed by atoms with Crippen molar-refractivity contribution < 1.29 is 13.5 Å². The van der Waals surface area contributed by atoms with Gasteiger partial charge in [0, 0.05) is 44.5 Å². The van der Waals surface area contributed by atoms with Crippen LogP contribution < -0.4 is 10.3 Å². The molecule has 9 heteroatoms. The molecular formula is C26H25F2N5O2. The number of rotatable bonds is 5. The molecule has 2 atom stereocenters. The Morgan fingerprint density at radius 2 is 1.66 bits per heavy atom. The summed E-state index contributed by atoms with van der Waals surface area (Å²) in [6.45, 7) is 1.40. The minimum Gasteiger partial charge on any atom is -0.424 e. The standard InChI is InChI=1S/C26H25F2N5O2/c1-31-16-13-26(18-3-5-19(27)6-4-18,33-15-12-24(34)32(33)2)22(17-31)23-11-14-29-25(30-23)35-21-9-7-20(28)8-10-21/h3-12,14-15,22H,13,16-17H2,1-2H3. The molecule has 3 heterocycles. The van der Waals surface area contributed by atoms with Crippen LogP contribution in [0.1, 0.15) is 23.6 Å². The fourth-order valence-corrected chi connectivity index (χ4v) is 4.97. The van der Waals surface area contributed by atoms with E-state index >= 15 is 0 Å². The third kappa shape index (κ3) is 4.23. The topological polar surface area (TPSA) is 65.2 Å². The molecular weight excluding hydrogens is 452 g/mol. The van der Waals surface area contributed by atoms with Gasteiger partial charge in [0.2, 0.25) is 0 Å². The number of hydrogen-bond acceptors (Lipinski definition) is 5. The number of ether oxygens (including phenoxy) is 1. The Balaban J connectivity index is 1.64. The molecule has 7 nitrogen and oxygen atoms in total. The van der Waals surface area contributed by atoms with E-state index in [4.69, 9.17) is 9.72 Å². The van der Waals surface area contributed by atoms with Crippen molar-refractivity contribution in [1.29, 1.82) is 0 Å². The van der Waals surface area contributed by atoms with Gasteiger partial charge in [-0.2, -0.15) is 4.98 Å². The highest BCUT2D eigenvalue weighted by Crippen LogP contribution is 2.46. The molecule has 5 rings (SSSR count). The molecule has 0 radical (unpaired) electrons. The fourth-order valence-electron chi connectivity index (χ4n) is 4.97. The lowest BCUT2D eigenvalue weighted by molar-refractivity contribution is 0.106. The first kappa shape index (κ1) is 22.9. The van der Waals surface area contributed by atoms with Crippen LogP contribution in [0.2, 0.25) is 0 Å². The second-order valence-electron chi connectivity index (χ2n) is 8.84. The molecule has 1 fully saturated rings. The SMILES string of the molecule is CN1CCC(c2ccc(F)cc2)(n2ccc(=O)n2C)C(c2ccnc(Oc3ccc(F)cc3)n2)C1. The number of nitrogens with zero attached hydrogens (tertiary/aromatic N) is 5. The summed E-state index contributed by atoms with van der Waals surface area (Å²) >= 11 is 0. The maximum Gasteiger partial charge on any atom is 0.322 e. The third-order valence-electron chi connectivity index (χ3n) is 6.73. The lowest BCUT2D eigenvalue weighted by Crippen LogP contribution is -2.53. The number of hydrogen-bond donors (Lipinski definition) is 0. The van der Waals surface area contributed by atoms with Crippen LogP contribution in [0.15, 0.2) is 77.9 Å². The van der Waals surface area contributed by atoms with Gasteiger partial charge in [-0.25, -0.2) is 13.8 Å². The molecule has 4 aromatic rings. The fraction of sp³-hybridized carbons (Fsp3) is 0.269.